The highest BCUT2D eigenvalue weighted by Gasteiger charge is 2.36. The predicted molar refractivity (Wildman–Crippen MR) is 68.8 cm³/mol. The van der Waals surface area contributed by atoms with Crippen molar-refractivity contribution in [1.82, 2.24) is 0 Å². The number of carbonyl (C=O) groups excluding carboxylic acids is 1. The van der Waals surface area contributed by atoms with Gasteiger partial charge in [0.1, 0.15) is 0 Å². The number of hydrogen-bond donors (Lipinski definition) is 1. The molecule has 0 heterocycles. The zero-order valence-corrected chi connectivity index (χ0v) is 11.0. The van der Waals surface area contributed by atoms with Crippen LogP contribution in [0.5, 0.6) is 0 Å². The largest absolute Gasteiger partial charge is 0.465 e. The van der Waals surface area contributed by atoms with E-state index in [0.29, 0.717) is 5.56 Å². The van der Waals surface area contributed by atoms with E-state index in [2.05, 4.69) is 0 Å². The van der Waals surface area contributed by atoms with E-state index in [0.717, 1.165) is 0 Å². The van der Waals surface area contributed by atoms with Gasteiger partial charge < -0.3 is 9.84 Å². The van der Waals surface area contributed by atoms with E-state index in [4.69, 9.17) is 9.84 Å². The summed E-state index contributed by atoms with van der Waals surface area (Å²) in [5, 5.41) is 19.7. The summed E-state index contributed by atoms with van der Waals surface area (Å²) < 4.78 is 5.01. The number of nitro benzene ring substituents is 1. The molecule has 0 radical (unpaired) electrons. The molecule has 19 heavy (non-hydrogen) atoms. The molecule has 0 aliphatic heterocycles. The molecule has 1 N–H and O–H groups in total. The smallest absolute Gasteiger partial charge is 0.316 e. The van der Waals surface area contributed by atoms with Crippen molar-refractivity contribution < 1.29 is 19.6 Å². The van der Waals surface area contributed by atoms with E-state index in [-0.39, 0.29) is 25.3 Å². The van der Waals surface area contributed by atoms with E-state index in [1.807, 2.05) is 0 Å². The number of esters is 1. The molecule has 1 unspecified atom stereocenters. The molecule has 0 saturated heterocycles. The summed E-state index contributed by atoms with van der Waals surface area (Å²) in [6.45, 7) is 3.43. The molecule has 6 heteroatoms. The summed E-state index contributed by atoms with van der Waals surface area (Å²) in [6, 6.07) is 5.71. The van der Waals surface area contributed by atoms with Gasteiger partial charge in [0, 0.05) is 18.7 Å². The fourth-order valence-electron chi connectivity index (χ4n) is 1.83. The number of nitro groups is 1. The molecule has 1 aromatic carbocycles. The second-order valence-corrected chi connectivity index (χ2v) is 4.33. The first-order valence-electron chi connectivity index (χ1n) is 5.98. The Hall–Kier alpha value is -1.95. The van der Waals surface area contributed by atoms with Gasteiger partial charge in [-0.2, -0.15) is 0 Å². The van der Waals surface area contributed by atoms with Crippen molar-refractivity contribution in [1.29, 1.82) is 0 Å². The third-order valence-corrected chi connectivity index (χ3v) is 3.05. The average Bonchev–Trinajstić information content (AvgIpc) is 2.39. The highest BCUT2D eigenvalue weighted by molar-refractivity contribution is 5.82. The van der Waals surface area contributed by atoms with Crippen LogP contribution in [-0.2, 0) is 14.9 Å². The van der Waals surface area contributed by atoms with Gasteiger partial charge in [-0.15, -0.1) is 0 Å². The lowest BCUT2D eigenvalue weighted by Gasteiger charge is -2.26. The van der Waals surface area contributed by atoms with Crippen LogP contribution in [0.1, 0.15) is 25.8 Å². The second-order valence-electron chi connectivity index (χ2n) is 4.33. The molecule has 0 aliphatic rings. The van der Waals surface area contributed by atoms with Gasteiger partial charge in [0.2, 0.25) is 0 Å². The topological polar surface area (TPSA) is 89.7 Å². The number of carbonyl (C=O) groups is 1. The number of ether oxygens (including phenoxy) is 1. The number of non-ortho nitro benzene ring substituents is 1. The molecular formula is C13H17NO5. The number of benzene rings is 1. The first-order chi connectivity index (χ1) is 8.95. The van der Waals surface area contributed by atoms with Crippen molar-refractivity contribution in [2.24, 2.45) is 0 Å². The van der Waals surface area contributed by atoms with Gasteiger partial charge in [0.15, 0.2) is 0 Å². The monoisotopic (exact) mass is 267 g/mol. The van der Waals surface area contributed by atoms with Crippen molar-refractivity contribution in [3.05, 3.63) is 39.9 Å². The zero-order valence-electron chi connectivity index (χ0n) is 11.0. The lowest BCUT2D eigenvalue weighted by atomic mass is 9.79. The second kappa shape index (κ2) is 6.29. The van der Waals surface area contributed by atoms with Gasteiger partial charge in [-0.05, 0) is 25.8 Å². The molecule has 0 aliphatic carbocycles. The summed E-state index contributed by atoms with van der Waals surface area (Å²) in [6.07, 6.45) is 0.198. The quantitative estimate of drug-likeness (QED) is 0.482. The maximum Gasteiger partial charge on any atom is 0.316 e. The van der Waals surface area contributed by atoms with Crippen molar-refractivity contribution in [2.45, 2.75) is 25.7 Å². The molecule has 104 valence electrons. The first-order valence-corrected chi connectivity index (χ1v) is 5.98. The number of rotatable bonds is 6. The van der Waals surface area contributed by atoms with E-state index >= 15 is 0 Å². The highest BCUT2D eigenvalue weighted by atomic mass is 16.6. The normalized spacial score (nSPS) is 13.6. The van der Waals surface area contributed by atoms with Gasteiger partial charge in [0.05, 0.1) is 16.9 Å². The van der Waals surface area contributed by atoms with Crippen LogP contribution in [0, 0.1) is 10.1 Å². The van der Waals surface area contributed by atoms with Crippen molar-refractivity contribution >= 4 is 11.7 Å². The summed E-state index contributed by atoms with van der Waals surface area (Å²) in [5.41, 5.74) is -0.454. The van der Waals surface area contributed by atoms with E-state index < -0.39 is 16.3 Å². The summed E-state index contributed by atoms with van der Waals surface area (Å²) in [5.74, 6) is -0.446. The molecular weight excluding hydrogens is 250 g/mol. The molecule has 0 aromatic heterocycles. The fourth-order valence-corrected chi connectivity index (χ4v) is 1.83. The first kappa shape index (κ1) is 15.1. The van der Waals surface area contributed by atoms with Gasteiger partial charge in [0.25, 0.3) is 5.69 Å². The fraction of sp³-hybridized carbons (Fsp3) is 0.462. The van der Waals surface area contributed by atoms with Crippen LogP contribution >= 0.6 is 0 Å². The van der Waals surface area contributed by atoms with Crippen LogP contribution in [0.15, 0.2) is 24.3 Å². The molecule has 1 aromatic rings. The predicted octanol–water partition coefficient (Wildman–Crippen LogP) is 1.80. The number of hydrogen-bond acceptors (Lipinski definition) is 5. The third-order valence-electron chi connectivity index (χ3n) is 3.05. The van der Waals surface area contributed by atoms with Crippen LogP contribution < -0.4 is 0 Å². The minimum atomic E-state index is -1.00. The Kier molecular flexibility index (Phi) is 5.00. The van der Waals surface area contributed by atoms with Crippen molar-refractivity contribution in [2.75, 3.05) is 13.2 Å². The number of aliphatic hydroxyl groups is 1. The van der Waals surface area contributed by atoms with Crippen LogP contribution in [0.25, 0.3) is 0 Å². The molecule has 0 bridgehead atoms. The van der Waals surface area contributed by atoms with E-state index in [9.17, 15) is 14.9 Å². The summed E-state index contributed by atoms with van der Waals surface area (Å²) in [7, 11) is 0. The SMILES string of the molecule is CCOC(=O)C(C)(CCO)c1ccc([N+](=O)[O-])cc1. The zero-order chi connectivity index (χ0) is 14.5. The number of nitrogens with zero attached hydrogens (tertiary/aromatic N) is 1. The van der Waals surface area contributed by atoms with Crippen LogP contribution in [0.2, 0.25) is 0 Å². The van der Waals surface area contributed by atoms with Crippen molar-refractivity contribution in [3.8, 4) is 0 Å². The maximum atomic E-state index is 12.0. The molecule has 0 amide bonds. The summed E-state index contributed by atoms with van der Waals surface area (Å²) in [4.78, 5) is 22.1. The molecule has 1 atom stereocenters. The third kappa shape index (κ3) is 3.29. The van der Waals surface area contributed by atoms with E-state index in [1.165, 1.54) is 24.3 Å². The highest BCUT2D eigenvalue weighted by Crippen LogP contribution is 2.30. The standard InChI is InChI=1S/C13H17NO5/c1-3-19-12(16)13(2,8-9-15)10-4-6-11(7-5-10)14(17)18/h4-7,15H,3,8-9H2,1-2H3. The van der Waals surface area contributed by atoms with Gasteiger partial charge >= 0.3 is 5.97 Å². The van der Waals surface area contributed by atoms with Crippen molar-refractivity contribution in [3.63, 3.8) is 0 Å². The number of aliphatic hydroxyl groups excluding tert-OH is 1. The molecule has 1 rings (SSSR count). The summed E-state index contributed by atoms with van der Waals surface area (Å²) >= 11 is 0. The van der Waals surface area contributed by atoms with E-state index in [1.54, 1.807) is 13.8 Å². The Morgan fingerprint density at radius 1 is 1.42 bits per heavy atom. The molecule has 0 saturated carbocycles. The minimum absolute atomic E-state index is 0.0426. The molecule has 0 spiro atoms. The van der Waals surface area contributed by atoms with Crippen LogP contribution in [-0.4, -0.2) is 29.2 Å². The minimum Gasteiger partial charge on any atom is -0.465 e. The Morgan fingerprint density at radius 2 is 2.00 bits per heavy atom. The average molecular weight is 267 g/mol. The molecule has 6 nitrogen and oxygen atoms in total. The van der Waals surface area contributed by atoms with Crippen LogP contribution in [0.4, 0.5) is 5.69 Å². The van der Waals surface area contributed by atoms with Gasteiger partial charge in [-0.3, -0.25) is 14.9 Å². The Balaban J connectivity index is 3.11. The lowest BCUT2D eigenvalue weighted by molar-refractivity contribution is -0.384. The van der Waals surface area contributed by atoms with Gasteiger partial charge in [-0.1, -0.05) is 12.1 Å². The van der Waals surface area contributed by atoms with Crippen LogP contribution in [0.3, 0.4) is 0 Å². The Morgan fingerprint density at radius 3 is 2.42 bits per heavy atom. The maximum absolute atomic E-state index is 12.0. The Labute approximate surface area is 111 Å². The lowest BCUT2D eigenvalue weighted by Crippen LogP contribution is -2.35. The van der Waals surface area contributed by atoms with Gasteiger partial charge in [-0.25, -0.2) is 0 Å². The molecule has 0 fully saturated rings. The Bertz CT molecular complexity index is 457.